The van der Waals surface area contributed by atoms with Crippen LogP contribution in [0.5, 0.6) is 0 Å². The molecular weight excluding hydrogens is 344 g/mol. The summed E-state index contributed by atoms with van der Waals surface area (Å²) >= 11 is 0. The fraction of sp³-hybridized carbons (Fsp3) is 0.440. The Bertz CT molecular complexity index is 698. The number of carbonyl (C=O) groups is 1. The van der Waals surface area contributed by atoms with Crippen LogP contribution < -0.4 is 0 Å². The van der Waals surface area contributed by atoms with Crippen LogP contribution in [0.1, 0.15) is 85.6 Å². The molecule has 0 atom stereocenters. The summed E-state index contributed by atoms with van der Waals surface area (Å²) in [7, 11) is 0. The number of nitrogens with one attached hydrogen (secondary N) is 1. The third kappa shape index (κ3) is 12.1. The molecule has 0 bridgehead atoms. The van der Waals surface area contributed by atoms with E-state index in [0.29, 0.717) is 18.0 Å². The Kier molecular flexibility index (Phi) is 14.3. The number of unbranched alkanes of at least 4 members (excludes halogenated alkanes) is 3. The number of aromatic amines is 1. The molecule has 0 saturated heterocycles. The standard InChI is InChI=1S/C20H28N2O.C5H10.2H2/c1-5-7-8-9-10-19(23)20-18(15-21-22-20)14-13-17(6-2)12-11-16(3)4;1-4-5(2)3;;/h6,11-15H,3,5,7-10H2,1-2,4H3,(H,21,22);4-5H,1H2,2-3H3;2*1H/b12-11-,14-13+,17-6+;;;. The molecule has 158 valence electrons. The van der Waals surface area contributed by atoms with E-state index < -0.39 is 0 Å². The van der Waals surface area contributed by atoms with E-state index in [1.807, 2.05) is 50.3 Å². The second kappa shape index (κ2) is 15.6. The molecule has 0 aromatic carbocycles. The molecule has 0 amide bonds. The molecule has 3 heteroatoms. The Morgan fingerprint density at radius 1 is 1.25 bits per heavy atom. The number of H-pyrrole nitrogens is 1. The van der Waals surface area contributed by atoms with Crippen LogP contribution in [0.3, 0.4) is 0 Å². The van der Waals surface area contributed by atoms with Crippen molar-refractivity contribution < 1.29 is 7.65 Å². The summed E-state index contributed by atoms with van der Waals surface area (Å²) in [5, 5.41) is 6.85. The number of hydrogen-bond acceptors (Lipinski definition) is 2. The van der Waals surface area contributed by atoms with Gasteiger partial charge in [0.15, 0.2) is 5.78 Å². The molecule has 1 rings (SSSR count). The number of hydrogen-bond donors (Lipinski definition) is 1. The van der Waals surface area contributed by atoms with Gasteiger partial charge in [-0.25, -0.2) is 0 Å². The highest BCUT2D eigenvalue weighted by molar-refractivity contribution is 5.97. The van der Waals surface area contributed by atoms with Gasteiger partial charge in [-0.05, 0) is 31.8 Å². The molecule has 0 saturated carbocycles. The Hall–Kier alpha value is -2.42. The van der Waals surface area contributed by atoms with Crippen molar-refractivity contribution in [2.45, 2.75) is 66.7 Å². The van der Waals surface area contributed by atoms with Crippen LogP contribution in [0.15, 0.2) is 60.9 Å². The second-order valence-electron chi connectivity index (χ2n) is 7.22. The van der Waals surface area contributed by atoms with Gasteiger partial charge in [-0.15, -0.1) is 6.58 Å². The minimum absolute atomic E-state index is 0. The van der Waals surface area contributed by atoms with Gasteiger partial charge in [-0.2, -0.15) is 5.10 Å². The van der Waals surface area contributed by atoms with Crippen LogP contribution in [0.4, 0.5) is 0 Å². The third-order valence-electron chi connectivity index (χ3n) is 4.03. The average Bonchev–Trinajstić information content (AvgIpc) is 3.14. The van der Waals surface area contributed by atoms with Crippen LogP contribution >= 0.6 is 0 Å². The molecule has 0 spiro atoms. The monoisotopic (exact) mass is 386 g/mol. The molecule has 0 aliphatic rings. The lowest BCUT2D eigenvalue weighted by Gasteiger charge is -2.00. The van der Waals surface area contributed by atoms with Gasteiger partial charge in [0.2, 0.25) is 0 Å². The summed E-state index contributed by atoms with van der Waals surface area (Å²) in [5.74, 6) is 0.785. The first-order chi connectivity index (χ1) is 13.3. The summed E-state index contributed by atoms with van der Waals surface area (Å²) in [5.41, 5.74) is 3.52. The topological polar surface area (TPSA) is 45.8 Å². The van der Waals surface area contributed by atoms with Crippen LogP contribution in [-0.2, 0) is 0 Å². The number of Topliss-reactive ketones (excluding diaryl/α,β-unsaturated/α-hetero) is 1. The highest BCUT2D eigenvalue weighted by Gasteiger charge is 2.11. The average molecular weight is 387 g/mol. The Morgan fingerprint density at radius 3 is 2.46 bits per heavy atom. The maximum absolute atomic E-state index is 12.3. The number of aromatic nitrogens is 2. The zero-order valence-corrected chi connectivity index (χ0v) is 18.4. The van der Waals surface area contributed by atoms with E-state index in [9.17, 15) is 4.79 Å². The second-order valence-corrected chi connectivity index (χ2v) is 7.22. The van der Waals surface area contributed by atoms with E-state index >= 15 is 0 Å². The van der Waals surface area contributed by atoms with Crippen molar-refractivity contribution in [1.29, 1.82) is 0 Å². The first-order valence-electron chi connectivity index (χ1n) is 10.2. The van der Waals surface area contributed by atoms with Crippen molar-refractivity contribution in [3.8, 4) is 0 Å². The molecule has 1 aromatic heterocycles. The van der Waals surface area contributed by atoms with E-state index in [4.69, 9.17) is 0 Å². The van der Waals surface area contributed by atoms with Gasteiger partial charge in [0.05, 0.1) is 6.20 Å². The number of ketones is 1. The summed E-state index contributed by atoms with van der Waals surface area (Å²) in [6, 6.07) is 0. The summed E-state index contributed by atoms with van der Waals surface area (Å²) < 4.78 is 0. The van der Waals surface area contributed by atoms with Crippen LogP contribution in [0.2, 0.25) is 0 Å². The maximum atomic E-state index is 12.3. The number of allylic oxidation sites excluding steroid dienone is 7. The van der Waals surface area contributed by atoms with Crippen molar-refractivity contribution >= 4 is 11.9 Å². The molecule has 3 nitrogen and oxygen atoms in total. The van der Waals surface area contributed by atoms with E-state index in [-0.39, 0.29) is 8.64 Å². The molecule has 1 aromatic rings. The molecule has 0 aliphatic carbocycles. The first kappa shape index (κ1) is 25.6. The maximum Gasteiger partial charge on any atom is 0.181 e. The van der Waals surface area contributed by atoms with Crippen LogP contribution in [0, 0.1) is 5.92 Å². The molecular formula is C25H42N2O. The number of rotatable bonds is 11. The van der Waals surface area contributed by atoms with E-state index in [2.05, 4.69) is 44.1 Å². The fourth-order valence-corrected chi connectivity index (χ4v) is 2.15. The van der Waals surface area contributed by atoms with Crippen molar-refractivity contribution in [1.82, 2.24) is 10.2 Å². The molecule has 0 aliphatic heterocycles. The van der Waals surface area contributed by atoms with Crippen LogP contribution in [-0.4, -0.2) is 16.0 Å². The summed E-state index contributed by atoms with van der Waals surface area (Å²) in [4.78, 5) is 12.3. The predicted molar refractivity (Wildman–Crippen MR) is 128 cm³/mol. The van der Waals surface area contributed by atoms with E-state index in [0.717, 1.165) is 29.6 Å². The van der Waals surface area contributed by atoms with Gasteiger partial charge in [-0.3, -0.25) is 9.89 Å². The van der Waals surface area contributed by atoms with Crippen molar-refractivity contribution in [2.24, 2.45) is 5.92 Å². The molecule has 28 heavy (non-hydrogen) atoms. The number of nitrogens with zero attached hydrogens (tertiary/aromatic N) is 1. The van der Waals surface area contributed by atoms with E-state index in [1.54, 1.807) is 6.20 Å². The molecule has 0 fully saturated rings. The Balaban J connectivity index is -0.000000930. The normalized spacial score (nSPS) is 11.7. The molecule has 0 unspecified atom stereocenters. The highest BCUT2D eigenvalue weighted by atomic mass is 16.1. The van der Waals surface area contributed by atoms with E-state index in [1.165, 1.54) is 12.8 Å². The van der Waals surface area contributed by atoms with Gasteiger partial charge in [0, 0.05) is 14.8 Å². The first-order valence-corrected chi connectivity index (χ1v) is 10.2. The highest BCUT2D eigenvalue weighted by Crippen LogP contribution is 2.14. The minimum atomic E-state index is 0. The molecule has 1 heterocycles. The summed E-state index contributed by atoms with van der Waals surface area (Å²) in [6.45, 7) is 17.7. The van der Waals surface area contributed by atoms with Gasteiger partial charge in [0.1, 0.15) is 5.69 Å². The fourth-order valence-electron chi connectivity index (χ4n) is 2.15. The SMILES string of the molecule is C=C(C)\C=C/C(/C=C/c1cn[nH]c1C(=O)CCCCCC)=C\C.C=CC(C)C.[HH].[HH]. The number of carbonyl (C=O) groups excluding carboxylic acids is 1. The quantitative estimate of drug-likeness (QED) is 0.181. The molecule has 1 N–H and O–H groups in total. The van der Waals surface area contributed by atoms with Crippen molar-refractivity contribution in [3.63, 3.8) is 0 Å². The largest absolute Gasteiger partial charge is 0.292 e. The van der Waals surface area contributed by atoms with Gasteiger partial charge in [-0.1, -0.05) is 88.6 Å². The van der Waals surface area contributed by atoms with Crippen molar-refractivity contribution in [2.75, 3.05) is 0 Å². The smallest absolute Gasteiger partial charge is 0.181 e. The van der Waals surface area contributed by atoms with Gasteiger partial charge in [0.25, 0.3) is 0 Å². The Labute approximate surface area is 175 Å². The molecule has 0 radical (unpaired) electrons. The van der Waals surface area contributed by atoms with Gasteiger partial charge >= 0.3 is 0 Å². The lowest BCUT2D eigenvalue weighted by molar-refractivity contribution is 0.0974. The zero-order valence-electron chi connectivity index (χ0n) is 18.4. The summed E-state index contributed by atoms with van der Waals surface area (Å²) in [6.07, 6.45) is 18.5. The zero-order chi connectivity index (χ0) is 21.4. The van der Waals surface area contributed by atoms with Crippen molar-refractivity contribution in [3.05, 3.63) is 72.1 Å². The Morgan fingerprint density at radius 2 is 1.93 bits per heavy atom. The predicted octanol–water partition coefficient (Wildman–Crippen LogP) is 7.98. The minimum Gasteiger partial charge on any atom is -0.292 e. The third-order valence-corrected chi connectivity index (χ3v) is 4.03. The van der Waals surface area contributed by atoms with Gasteiger partial charge < -0.3 is 0 Å². The van der Waals surface area contributed by atoms with Crippen LogP contribution in [0.25, 0.3) is 6.08 Å². The lowest BCUT2D eigenvalue weighted by Crippen LogP contribution is -2.01. The lowest BCUT2D eigenvalue weighted by atomic mass is 10.0.